The molecule has 28 heteroatoms. The molecule has 7 rings (SSSR count). The number of aryl methyl sites for hydroxylation is 2. The van der Waals surface area contributed by atoms with Gasteiger partial charge >= 0.3 is 11.9 Å². The zero-order valence-electron chi connectivity index (χ0n) is 53.5. The Morgan fingerprint density at radius 2 is 0.760 bits per heavy atom. The number of carboxylic acids is 2. The van der Waals surface area contributed by atoms with E-state index in [0.717, 1.165) is 47.2 Å². The van der Waals surface area contributed by atoms with Gasteiger partial charge in [0.2, 0.25) is 11.8 Å². The van der Waals surface area contributed by atoms with Gasteiger partial charge in [-0.1, -0.05) is 83.9 Å². The van der Waals surface area contributed by atoms with Crippen molar-refractivity contribution in [2.45, 2.75) is 126 Å². The number of benzene rings is 5. The normalized spacial score (nSPS) is 22.1. The number of aliphatic hydroxyl groups excluding tert-OH is 6. The lowest BCUT2D eigenvalue weighted by Gasteiger charge is -2.46. The number of rotatable bonds is 34. The largest absolute Gasteiger partial charge is 0.477 e. The Hall–Kier alpha value is -7.84. The van der Waals surface area contributed by atoms with Gasteiger partial charge in [0.25, 0.3) is 35.2 Å². The first-order valence-corrected chi connectivity index (χ1v) is 33.6. The van der Waals surface area contributed by atoms with Crippen LogP contribution in [0, 0.1) is 13.8 Å². The smallest absolute Gasteiger partial charge is 0.364 e. The summed E-state index contributed by atoms with van der Waals surface area (Å²) in [5.41, 5.74) is 6.98. The molecule has 96 heavy (non-hydrogen) atoms. The second-order valence-corrected chi connectivity index (χ2v) is 25.9. The molecular weight excluding hydrogens is 1280 g/mol. The molecule has 5 aromatic carbocycles. The molecule has 2 heterocycles. The SMILES string of the molecule is CC(=O)N[C@H]1[C@H]([C@H](O)[C@H](O)CNC(=O)c2ccc(-c3ccc(C)cc3)cc2)O[C@@](OCCCSCCNC(=O)c2ccc(C(=O)NCCSCCCO[C@]3(C(=O)O)C[C@H](O)[C@@H](NC(C)=O)[C@H]([C@H](O)[C@H](O)CNC(=O)c4ccc(-c5ccc(C)cc5)cc4)O3)cc2)(C(=O)O)C[C@@H]1O. The zero-order valence-corrected chi connectivity index (χ0v) is 55.1. The molecule has 5 aromatic rings. The molecule has 518 valence electrons. The fourth-order valence-corrected chi connectivity index (χ4v) is 12.3. The molecule has 0 aromatic heterocycles. The van der Waals surface area contributed by atoms with Crippen LogP contribution in [0.15, 0.2) is 121 Å². The topological polar surface area (TPSA) is 408 Å². The zero-order chi connectivity index (χ0) is 69.7. The third kappa shape index (κ3) is 21.1. The van der Waals surface area contributed by atoms with E-state index in [1.807, 2.05) is 62.4 Å². The number of thioether (sulfide) groups is 2. The third-order valence-corrected chi connectivity index (χ3v) is 18.2. The first-order valence-electron chi connectivity index (χ1n) is 31.3. The highest BCUT2D eigenvalue weighted by molar-refractivity contribution is 7.99. The molecule has 2 saturated heterocycles. The molecule has 0 bridgehead atoms. The van der Waals surface area contributed by atoms with Crippen LogP contribution < -0.4 is 31.9 Å². The average Bonchev–Trinajstić information content (AvgIpc) is 0.785. The fourth-order valence-electron chi connectivity index (χ4n) is 10.7. The Morgan fingerprint density at radius 1 is 0.469 bits per heavy atom. The first-order chi connectivity index (χ1) is 45.8. The van der Waals surface area contributed by atoms with Crippen molar-refractivity contribution >= 4 is 70.9 Å². The lowest BCUT2D eigenvalue weighted by Crippen LogP contribution is -2.68. The Bertz CT molecular complexity index is 3200. The van der Waals surface area contributed by atoms with Crippen LogP contribution in [0.25, 0.3) is 22.3 Å². The van der Waals surface area contributed by atoms with E-state index < -0.39 is 146 Å². The van der Waals surface area contributed by atoms with Gasteiger partial charge in [0.15, 0.2) is 0 Å². The predicted octanol–water partition coefficient (Wildman–Crippen LogP) is 2.55. The molecule has 0 saturated carbocycles. The van der Waals surface area contributed by atoms with Crippen molar-refractivity contribution in [3.8, 4) is 22.3 Å². The number of aliphatic carboxylic acids is 2. The van der Waals surface area contributed by atoms with E-state index in [9.17, 15) is 79.2 Å². The number of amides is 6. The summed E-state index contributed by atoms with van der Waals surface area (Å²) in [4.78, 5) is 102. The standard InChI is InChI=1S/C68H84N6O20S2/c1-39-7-11-43(12-8-39)45-15-19-49(20-16-45)63(85)71-37-53(79)57(81)59-55(73-41(3)75)51(77)35-67(93-59,65(87)88)91-29-5-31-95-33-27-69-61(83)47-23-25-48(26-24-47)62(84)70-28-34-96-32-6-30-92-68(66(89)90)36-52(78)56(74-42(4)76)60(94-68)58(82)54(80)38-72-64(86)50-21-17-46(18-22-50)44-13-9-40(2)10-14-44/h7-26,51-60,77-82H,5-6,27-38H2,1-4H3,(H,69,83)(H,70,84)(H,71,85)(H,72,86)(H,73,75)(H,74,76)(H,87,88)(H,89,90)/t51-,52-,53+,54+,55+,56+,57+,58+,59+,60+,67+,68+/m0/s1. The number of nitrogens with one attached hydrogen (secondary N) is 6. The minimum atomic E-state index is -2.49. The maximum Gasteiger partial charge on any atom is 0.364 e. The average molecular weight is 1370 g/mol. The van der Waals surface area contributed by atoms with Gasteiger partial charge in [-0.05, 0) is 109 Å². The highest BCUT2D eigenvalue weighted by Crippen LogP contribution is 2.36. The van der Waals surface area contributed by atoms with E-state index in [4.69, 9.17) is 18.9 Å². The number of carboxylic acid groups (broad SMARTS) is 2. The van der Waals surface area contributed by atoms with Gasteiger partial charge < -0.3 is 91.7 Å². The Morgan fingerprint density at radius 3 is 1.06 bits per heavy atom. The molecule has 2 fully saturated rings. The van der Waals surface area contributed by atoms with Gasteiger partial charge in [-0.15, -0.1) is 0 Å². The maximum atomic E-state index is 13.0. The molecule has 12 atom stereocenters. The van der Waals surface area contributed by atoms with Gasteiger partial charge in [0, 0.05) is 86.6 Å². The van der Waals surface area contributed by atoms with Crippen LogP contribution in [-0.2, 0) is 38.1 Å². The summed E-state index contributed by atoms with van der Waals surface area (Å²) >= 11 is 2.84. The van der Waals surface area contributed by atoms with Crippen LogP contribution in [0.1, 0.15) is 92.1 Å². The van der Waals surface area contributed by atoms with E-state index in [1.165, 1.54) is 47.8 Å². The number of hydrogen-bond acceptors (Lipinski definition) is 20. The molecule has 0 aliphatic carbocycles. The number of aliphatic hydroxyl groups is 6. The van der Waals surface area contributed by atoms with Crippen molar-refractivity contribution in [3.63, 3.8) is 0 Å². The number of carbonyl (C=O) groups excluding carboxylic acids is 6. The third-order valence-electron chi connectivity index (χ3n) is 16.0. The maximum absolute atomic E-state index is 13.0. The Kier molecular flexibility index (Phi) is 28.3. The summed E-state index contributed by atoms with van der Waals surface area (Å²) in [6, 6.07) is 32.4. The van der Waals surface area contributed by atoms with Gasteiger partial charge in [0.05, 0.1) is 49.7 Å². The van der Waals surface area contributed by atoms with E-state index in [1.54, 1.807) is 48.5 Å². The summed E-state index contributed by atoms with van der Waals surface area (Å²) in [6.45, 7) is 5.36. The van der Waals surface area contributed by atoms with Crippen LogP contribution in [0.2, 0.25) is 0 Å². The van der Waals surface area contributed by atoms with Gasteiger partial charge in [0.1, 0.15) is 24.4 Å². The molecule has 14 N–H and O–H groups in total. The monoisotopic (exact) mass is 1370 g/mol. The minimum absolute atomic E-state index is 0.185. The molecular formula is C68H84N6O20S2. The van der Waals surface area contributed by atoms with Crippen LogP contribution in [0.3, 0.4) is 0 Å². The lowest BCUT2D eigenvalue weighted by molar-refractivity contribution is -0.310. The Labute approximate surface area is 563 Å². The predicted molar refractivity (Wildman–Crippen MR) is 356 cm³/mol. The lowest BCUT2D eigenvalue weighted by atomic mass is 9.88. The van der Waals surface area contributed by atoms with Crippen molar-refractivity contribution in [1.82, 2.24) is 31.9 Å². The molecule has 0 unspecified atom stereocenters. The van der Waals surface area contributed by atoms with Crippen LogP contribution >= 0.6 is 23.5 Å². The van der Waals surface area contributed by atoms with Crippen molar-refractivity contribution in [2.24, 2.45) is 0 Å². The number of carbonyl (C=O) groups is 8. The Balaban J connectivity index is 0.774. The van der Waals surface area contributed by atoms with Crippen LogP contribution in [0.4, 0.5) is 0 Å². The summed E-state index contributed by atoms with van der Waals surface area (Å²) < 4.78 is 23.2. The molecule has 6 amide bonds. The van der Waals surface area contributed by atoms with Crippen molar-refractivity contribution in [2.75, 3.05) is 62.4 Å². The van der Waals surface area contributed by atoms with E-state index in [-0.39, 0.29) is 50.3 Å². The quantitative estimate of drug-likeness (QED) is 0.0263. The molecule has 2 aliphatic heterocycles. The van der Waals surface area contributed by atoms with Gasteiger partial charge in [-0.25, -0.2) is 9.59 Å². The van der Waals surface area contributed by atoms with E-state index in [0.29, 0.717) is 34.1 Å². The van der Waals surface area contributed by atoms with Crippen molar-refractivity contribution in [1.29, 1.82) is 0 Å². The molecule has 0 radical (unpaired) electrons. The molecule has 2 aliphatic rings. The minimum Gasteiger partial charge on any atom is -0.477 e. The highest BCUT2D eigenvalue weighted by atomic mass is 32.2. The second-order valence-electron chi connectivity index (χ2n) is 23.4. The molecule has 26 nitrogen and oxygen atoms in total. The van der Waals surface area contributed by atoms with E-state index >= 15 is 0 Å². The fraction of sp³-hybridized carbons (Fsp3) is 0.441. The summed E-state index contributed by atoms with van der Waals surface area (Å²) in [5.74, 6) is -9.64. The van der Waals surface area contributed by atoms with Crippen LogP contribution in [-0.4, -0.2) is 223 Å². The van der Waals surface area contributed by atoms with Crippen molar-refractivity contribution < 1.29 is 98.2 Å². The highest BCUT2D eigenvalue weighted by Gasteiger charge is 2.57. The van der Waals surface area contributed by atoms with Crippen molar-refractivity contribution in [3.05, 3.63) is 155 Å². The number of ether oxygens (including phenoxy) is 4. The second kappa shape index (κ2) is 35.9. The number of hydrogen-bond donors (Lipinski definition) is 14. The first kappa shape index (κ1) is 75.5. The van der Waals surface area contributed by atoms with Gasteiger partial charge in [-0.3, -0.25) is 28.8 Å². The van der Waals surface area contributed by atoms with Gasteiger partial charge in [-0.2, -0.15) is 23.5 Å². The van der Waals surface area contributed by atoms with E-state index in [2.05, 4.69) is 31.9 Å². The summed E-state index contributed by atoms with van der Waals surface area (Å²) in [6.07, 6.45) is -14.7. The summed E-state index contributed by atoms with van der Waals surface area (Å²) in [7, 11) is 0. The molecule has 0 spiro atoms. The van der Waals surface area contributed by atoms with Crippen LogP contribution in [0.5, 0.6) is 0 Å². The summed E-state index contributed by atoms with van der Waals surface area (Å²) in [5, 5.41) is 103.